The molecule has 0 bridgehead atoms. The molecule has 2 aliphatic heterocycles. The van der Waals surface area contributed by atoms with Gasteiger partial charge in [-0.2, -0.15) is 0 Å². The molecule has 2 atom stereocenters. The predicted molar refractivity (Wildman–Crippen MR) is 84.9 cm³/mol. The minimum absolute atomic E-state index is 0.422. The van der Waals surface area contributed by atoms with Crippen molar-refractivity contribution in [1.82, 2.24) is 5.32 Å². The average molecular weight is 289 g/mol. The summed E-state index contributed by atoms with van der Waals surface area (Å²) in [5, 5.41) is 3.73. The smallest absolute Gasteiger partial charge is 0.126 e. The standard InChI is InChI=1S/C18H27NO2/c1-14-6-4-8-16-17(9-5-13-21-18(14)16)19-11-10-15-7-2-3-12-20-15/h4,6,8,15,17,19H,2-3,5,7,9-13H2,1H3. The van der Waals surface area contributed by atoms with Gasteiger partial charge < -0.3 is 14.8 Å². The zero-order valence-corrected chi connectivity index (χ0v) is 13.1. The van der Waals surface area contributed by atoms with Crippen molar-refractivity contribution in [3.63, 3.8) is 0 Å². The van der Waals surface area contributed by atoms with Crippen molar-refractivity contribution in [2.75, 3.05) is 19.8 Å². The number of benzene rings is 1. The molecule has 0 aliphatic carbocycles. The van der Waals surface area contributed by atoms with Crippen LogP contribution < -0.4 is 10.1 Å². The van der Waals surface area contributed by atoms with Crippen LogP contribution in [0.5, 0.6) is 5.75 Å². The number of rotatable bonds is 4. The van der Waals surface area contributed by atoms with E-state index >= 15 is 0 Å². The van der Waals surface area contributed by atoms with Crippen LogP contribution in [0.2, 0.25) is 0 Å². The third-order valence-corrected chi connectivity index (χ3v) is 4.63. The average Bonchev–Trinajstić information content (AvgIpc) is 2.72. The van der Waals surface area contributed by atoms with Crippen LogP contribution in [-0.2, 0) is 4.74 Å². The van der Waals surface area contributed by atoms with Crippen LogP contribution >= 0.6 is 0 Å². The van der Waals surface area contributed by atoms with Gasteiger partial charge in [-0.25, -0.2) is 0 Å². The molecule has 2 heterocycles. The van der Waals surface area contributed by atoms with E-state index in [-0.39, 0.29) is 0 Å². The van der Waals surface area contributed by atoms with Gasteiger partial charge in [0.2, 0.25) is 0 Å². The second-order valence-corrected chi connectivity index (χ2v) is 6.27. The first-order chi connectivity index (χ1) is 10.3. The lowest BCUT2D eigenvalue weighted by Crippen LogP contribution is -2.28. The summed E-state index contributed by atoms with van der Waals surface area (Å²) in [5.41, 5.74) is 2.58. The monoisotopic (exact) mass is 289 g/mol. The largest absolute Gasteiger partial charge is 0.493 e. The van der Waals surface area contributed by atoms with Gasteiger partial charge in [-0.05, 0) is 57.6 Å². The van der Waals surface area contributed by atoms with E-state index in [4.69, 9.17) is 9.47 Å². The molecule has 0 saturated carbocycles. The Morgan fingerprint density at radius 1 is 1.14 bits per heavy atom. The van der Waals surface area contributed by atoms with Crippen LogP contribution in [0, 0.1) is 6.92 Å². The maximum atomic E-state index is 5.94. The number of nitrogens with one attached hydrogen (secondary N) is 1. The van der Waals surface area contributed by atoms with Gasteiger partial charge in [0.1, 0.15) is 5.75 Å². The first-order valence-corrected chi connectivity index (χ1v) is 8.42. The molecule has 116 valence electrons. The fraction of sp³-hybridized carbons (Fsp3) is 0.667. The van der Waals surface area contributed by atoms with Gasteiger partial charge in [-0.3, -0.25) is 0 Å². The molecule has 0 radical (unpaired) electrons. The lowest BCUT2D eigenvalue weighted by Gasteiger charge is -2.24. The first kappa shape index (κ1) is 14.9. The van der Waals surface area contributed by atoms with Crippen LogP contribution in [0.25, 0.3) is 0 Å². The maximum absolute atomic E-state index is 5.94. The summed E-state index contributed by atoms with van der Waals surface area (Å²) in [5.74, 6) is 1.10. The Morgan fingerprint density at radius 3 is 2.95 bits per heavy atom. The Balaban J connectivity index is 1.59. The van der Waals surface area contributed by atoms with Crippen LogP contribution in [0.1, 0.15) is 55.7 Å². The van der Waals surface area contributed by atoms with E-state index in [0.717, 1.165) is 44.8 Å². The molecule has 1 aromatic carbocycles. The van der Waals surface area contributed by atoms with Crippen molar-refractivity contribution < 1.29 is 9.47 Å². The minimum Gasteiger partial charge on any atom is -0.493 e. The lowest BCUT2D eigenvalue weighted by atomic mass is 9.99. The Kier molecular flexibility index (Phi) is 5.15. The SMILES string of the molecule is Cc1cccc2c1OCCCC2NCCC1CCCCO1. The molecule has 0 spiro atoms. The number of para-hydroxylation sites is 1. The maximum Gasteiger partial charge on any atom is 0.126 e. The number of hydrogen-bond donors (Lipinski definition) is 1. The summed E-state index contributed by atoms with van der Waals surface area (Å²) in [6.45, 7) is 4.95. The summed E-state index contributed by atoms with van der Waals surface area (Å²) < 4.78 is 11.8. The fourth-order valence-corrected chi connectivity index (χ4v) is 3.43. The molecule has 3 nitrogen and oxygen atoms in total. The van der Waals surface area contributed by atoms with Crippen molar-refractivity contribution in [2.45, 2.75) is 57.6 Å². The second-order valence-electron chi connectivity index (χ2n) is 6.27. The van der Waals surface area contributed by atoms with Crippen molar-refractivity contribution in [2.24, 2.45) is 0 Å². The number of aryl methyl sites for hydroxylation is 1. The first-order valence-electron chi connectivity index (χ1n) is 8.42. The number of ether oxygens (including phenoxy) is 2. The highest BCUT2D eigenvalue weighted by atomic mass is 16.5. The van der Waals surface area contributed by atoms with Crippen LogP contribution in [-0.4, -0.2) is 25.9 Å². The quantitative estimate of drug-likeness (QED) is 0.915. The Bertz CT molecular complexity index is 455. The molecule has 0 amide bonds. The zero-order valence-electron chi connectivity index (χ0n) is 13.1. The molecule has 3 rings (SSSR count). The number of fused-ring (bicyclic) bond motifs is 1. The summed E-state index contributed by atoms with van der Waals surface area (Å²) >= 11 is 0. The predicted octanol–water partition coefficient (Wildman–Crippen LogP) is 3.76. The minimum atomic E-state index is 0.422. The van der Waals surface area contributed by atoms with Gasteiger partial charge >= 0.3 is 0 Å². The van der Waals surface area contributed by atoms with Crippen molar-refractivity contribution >= 4 is 0 Å². The normalized spacial score (nSPS) is 25.8. The summed E-state index contributed by atoms with van der Waals surface area (Å²) in [6.07, 6.45) is 7.64. The number of hydrogen-bond acceptors (Lipinski definition) is 3. The summed E-state index contributed by atoms with van der Waals surface area (Å²) in [4.78, 5) is 0. The van der Waals surface area contributed by atoms with Gasteiger partial charge in [-0.15, -0.1) is 0 Å². The van der Waals surface area contributed by atoms with Crippen molar-refractivity contribution in [1.29, 1.82) is 0 Å². The molecule has 1 saturated heterocycles. The van der Waals surface area contributed by atoms with E-state index < -0.39 is 0 Å². The lowest BCUT2D eigenvalue weighted by molar-refractivity contribution is 0.0111. The third kappa shape index (κ3) is 3.78. The molecule has 1 aromatic rings. The fourth-order valence-electron chi connectivity index (χ4n) is 3.43. The Hall–Kier alpha value is -1.06. The molecule has 1 fully saturated rings. The van der Waals surface area contributed by atoms with E-state index in [9.17, 15) is 0 Å². The molecule has 3 heteroatoms. The van der Waals surface area contributed by atoms with E-state index in [1.807, 2.05) is 0 Å². The van der Waals surface area contributed by atoms with E-state index in [1.54, 1.807) is 0 Å². The second kappa shape index (κ2) is 7.28. The highest BCUT2D eigenvalue weighted by Gasteiger charge is 2.21. The van der Waals surface area contributed by atoms with Crippen LogP contribution in [0.3, 0.4) is 0 Å². The highest BCUT2D eigenvalue weighted by molar-refractivity contribution is 5.43. The summed E-state index contributed by atoms with van der Waals surface area (Å²) in [6, 6.07) is 6.91. The van der Waals surface area contributed by atoms with E-state index in [2.05, 4.69) is 30.4 Å². The molecule has 21 heavy (non-hydrogen) atoms. The topological polar surface area (TPSA) is 30.5 Å². The molecule has 0 aromatic heterocycles. The van der Waals surface area contributed by atoms with Crippen molar-refractivity contribution in [3.8, 4) is 5.75 Å². The molecular weight excluding hydrogens is 262 g/mol. The molecule has 1 N–H and O–H groups in total. The Morgan fingerprint density at radius 2 is 2.10 bits per heavy atom. The van der Waals surface area contributed by atoms with E-state index in [1.165, 1.54) is 30.4 Å². The third-order valence-electron chi connectivity index (χ3n) is 4.63. The van der Waals surface area contributed by atoms with Gasteiger partial charge in [0.05, 0.1) is 12.7 Å². The zero-order chi connectivity index (χ0) is 14.5. The molecular formula is C18H27NO2. The van der Waals surface area contributed by atoms with Crippen LogP contribution in [0.4, 0.5) is 0 Å². The summed E-state index contributed by atoms with van der Waals surface area (Å²) in [7, 11) is 0. The van der Waals surface area contributed by atoms with Gasteiger partial charge in [0.15, 0.2) is 0 Å². The van der Waals surface area contributed by atoms with E-state index in [0.29, 0.717) is 12.1 Å². The van der Waals surface area contributed by atoms with Gasteiger partial charge in [0, 0.05) is 18.2 Å². The Labute approximate surface area is 128 Å². The van der Waals surface area contributed by atoms with Gasteiger partial charge in [-0.1, -0.05) is 18.2 Å². The van der Waals surface area contributed by atoms with Crippen molar-refractivity contribution in [3.05, 3.63) is 29.3 Å². The van der Waals surface area contributed by atoms with Gasteiger partial charge in [0.25, 0.3) is 0 Å². The molecule has 2 unspecified atom stereocenters. The highest BCUT2D eigenvalue weighted by Crippen LogP contribution is 2.34. The van der Waals surface area contributed by atoms with Crippen LogP contribution in [0.15, 0.2) is 18.2 Å². The molecule has 2 aliphatic rings.